The van der Waals surface area contributed by atoms with E-state index in [2.05, 4.69) is 46.4 Å². The van der Waals surface area contributed by atoms with Crippen molar-refractivity contribution in [3.05, 3.63) is 52.0 Å². The Labute approximate surface area is 134 Å². The fourth-order valence-corrected chi connectivity index (χ4v) is 2.59. The van der Waals surface area contributed by atoms with Crippen molar-refractivity contribution >= 4 is 21.6 Å². The number of benzene rings is 2. The lowest BCUT2D eigenvalue weighted by Crippen LogP contribution is -2.02. The van der Waals surface area contributed by atoms with Gasteiger partial charge in [0.25, 0.3) is 0 Å². The molecule has 0 atom stereocenters. The van der Waals surface area contributed by atoms with Crippen molar-refractivity contribution in [1.29, 1.82) is 0 Å². The number of hydrogen-bond donors (Lipinski definition) is 1. The molecule has 21 heavy (non-hydrogen) atoms. The largest absolute Gasteiger partial charge is 0.493 e. The highest BCUT2D eigenvalue weighted by Gasteiger charge is 2.06. The van der Waals surface area contributed by atoms with E-state index in [0.29, 0.717) is 6.61 Å². The molecule has 112 valence electrons. The fraction of sp³-hybridized carbons (Fsp3) is 0.294. The van der Waals surface area contributed by atoms with E-state index in [1.54, 1.807) is 7.11 Å². The van der Waals surface area contributed by atoms with Crippen LogP contribution in [0.1, 0.15) is 18.1 Å². The topological polar surface area (TPSA) is 30.5 Å². The molecule has 4 heteroatoms. The molecule has 0 bridgehead atoms. The van der Waals surface area contributed by atoms with Crippen LogP contribution < -0.4 is 14.8 Å². The molecule has 2 rings (SSSR count). The van der Waals surface area contributed by atoms with Crippen molar-refractivity contribution in [2.45, 2.75) is 20.4 Å². The van der Waals surface area contributed by atoms with Gasteiger partial charge in [-0.05, 0) is 55.3 Å². The van der Waals surface area contributed by atoms with Gasteiger partial charge in [0, 0.05) is 16.7 Å². The maximum absolute atomic E-state index is 5.53. The lowest BCUT2D eigenvalue weighted by molar-refractivity contribution is 0.310. The smallest absolute Gasteiger partial charge is 0.161 e. The molecule has 0 amide bonds. The SMILES string of the molecule is CCOc1ccc(CNc2ccc(Br)cc2C)cc1OC. The molecule has 0 radical (unpaired) electrons. The van der Waals surface area contributed by atoms with E-state index in [1.807, 2.05) is 25.1 Å². The quantitative estimate of drug-likeness (QED) is 0.814. The van der Waals surface area contributed by atoms with E-state index in [4.69, 9.17) is 9.47 Å². The summed E-state index contributed by atoms with van der Waals surface area (Å²) in [5.74, 6) is 1.55. The first-order valence-corrected chi connectivity index (χ1v) is 7.73. The summed E-state index contributed by atoms with van der Waals surface area (Å²) in [5, 5.41) is 3.44. The lowest BCUT2D eigenvalue weighted by atomic mass is 10.1. The average molecular weight is 350 g/mol. The van der Waals surface area contributed by atoms with Gasteiger partial charge in [0.15, 0.2) is 11.5 Å². The van der Waals surface area contributed by atoms with Gasteiger partial charge >= 0.3 is 0 Å². The normalized spacial score (nSPS) is 10.3. The maximum Gasteiger partial charge on any atom is 0.161 e. The summed E-state index contributed by atoms with van der Waals surface area (Å²) in [6, 6.07) is 12.2. The van der Waals surface area contributed by atoms with Crippen molar-refractivity contribution < 1.29 is 9.47 Å². The molecule has 0 aliphatic carbocycles. The van der Waals surface area contributed by atoms with Crippen molar-refractivity contribution in [3.8, 4) is 11.5 Å². The molecule has 0 aliphatic heterocycles. The van der Waals surface area contributed by atoms with Gasteiger partial charge < -0.3 is 14.8 Å². The minimum absolute atomic E-state index is 0.631. The fourth-order valence-electron chi connectivity index (χ4n) is 2.12. The third-order valence-electron chi connectivity index (χ3n) is 3.20. The van der Waals surface area contributed by atoms with Crippen LogP contribution in [-0.4, -0.2) is 13.7 Å². The number of nitrogens with one attached hydrogen (secondary N) is 1. The highest BCUT2D eigenvalue weighted by atomic mass is 79.9. The molecular formula is C17H20BrNO2. The van der Waals surface area contributed by atoms with E-state index in [0.717, 1.165) is 33.8 Å². The van der Waals surface area contributed by atoms with Crippen molar-refractivity contribution in [1.82, 2.24) is 0 Å². The Morgan fingerprint density at radius 1 is 1.10 bits per heavy atom. The van der Waals surface area contributed by atoms with Crippen LogP contribution in [0.25, 0.3) is 0 Å². The van der Waals surface area contributed by atoms with Gasteiger partial charge in [-0.15, -0.1) is 0 Å². The monoisotopic (exact) mass is 349 g/mol. The Balaban J connectivity index is 2.09. The van der Waals surface area contributed by atoms with Gasteiger partial charge in [0.05, 0.1) is 13.7 Å². The highest BCUT2D eigenvalue weighted by molar-refractivity contribution is 9.10. The molecule has 0 saturated heterocycles. The van der Waals surface area contributed by atoms with E-state index < -0.39 is 0 Å². The van der Waals surface area contributed by atoms with E-state index in [1.165, 1.54) is 5.56 Å². The summed E-state index contributed by atoms with van der Waals surface area (Å²) in [4.78, 5) is 0. The Kier molecular flexibility index (Phi) is 5.51. The van der Waals surface area contributed by atoms with Crippen molar-refractivity contribution in [2.24, 2.45) is 0 Å². The second-order valence-electron chi connectivity index (χ2n) is 4.73. The Morgan fingerprint density at radius 3 is 2.57 bits per heavy atom. The van der Waals surface area contributed by atoms with Crippen LogP contribution in [0.2, 0.25) is 0 Å². The van der Waals surface area contributed by atoms with Gasteiger partial charge in [0.2, 0.25) is 0 Å². The predicted molar refractivity (Wildman–Crippen MR) is 90.4 cm³/mol. The number of ether oxygens (including phenoxy) is 2. The summed E-state index contributed by atoms with van der Waals surface area (Å²) < 4.78 is 12.0. The minimum Gasteiger partial charge on any atom is -0.493 e. The molecule has 0 aromatic heterocycles. The van der Waals surface area contributed by atoms with Crippen LogP contribution in [-0.2, 0) is 6.54 Å². The van der Waals surface area contributed by atoms with Gasteiger partial charge in [0.1, 0.15) is 0 Å². The Hall–Kier alpha value is -1.68. The molecule has 0 fully saturated rings. The van der Waals surface area contributed by atoms with Crippen LogP contribution in [0.15, 0.2) is 40.9 Å². The van der Waals surface area contributed by atoms with E-state index >= 15 is 0 Å². The van der Waals surface area contributed by atoms with E-state index in [-0.39, 0.29) is 0 Å². The summed E-state index contributed by atoms with van der Waals surface area (Å²) in [6.45, 7) is 5.42. The van der Waals surface area contributed by atoms with Crippen molar-refractivity contribution in [2.75, 3.05) is 19.0 Å². The van der Waals surface area contributed by atoms with Crippen LogP contribution in [0.3, 0.4) is 0 Å². The lowest BCUT2D eigenvalue weighted by Gasteiger charge is -2.13. The standard InChI is InChI=1S/C17H20BrNO2/c1-4-21-16-8-5-13(10-17(16)20-3)11-19-15-7-6-14(18)9-12(15)2/h5-10,19H,4,11H2,1-3H3. The summed E-state index contributed by atoms with van der Waals surface area (Å²) in [7, 11) is 1.66. The van der Waals surface area contributed by atoms with Crippen molar-refractivity contribution in [3.63, 3.8) is 0 Å². The first-order chi connectivity index (χ1) is 10.1. The molecule has 0 heterocycles. The van der Waals surface area contributed by atoms with Gasteiger partial charge in [-0.2, -0.15) is 0 Å². The molecule has 0 spiro atoms. The Morgan fingerprint density at radius 2 is 1.90 bits per heavy atom. The number of anilines is 1. The maximum atomic E-state index is 5.53. The first kappa shape index (κ1) is 15.7. The molecule has 0 aliphatic rings. The zero-order valence-electron chi connectivity index (χ0n) is 12.6. The van der Waals surface area contributed by atoms with Gasteiger partial charge in [-0.1, -0.05) is 22.0 Å². The number of aryl methyl sites for hydroxylation is 1. The molecule has 2 aromatic carbocycles. The Bertz CT molecular complexity index is 614. The predicted octanol–water partition coefficient (Wildman–Crippen LogP) is 4.78. The third kappa shape index (κ3) is 4.14. The van der Waals surface area contributed by atoms with Crippen LogP contribution in [0.5, 0.6) is 11.5 Å². The molecular weight excluding hydrogens is 330 g/mol. The number of halogens is 1. The average Bonchev–Trinajstić information content (AvgIpc) is 2.47. The third-order valence-corrected chi connectivity index (χ3v) is 3.69. The first-order valence-electron chi connectivity index (χ1n) is 6.93. The molecule has 2 aromatic rings. The molecule has 0 unspecified atom stereocenters. The summed E-state index contributed by atoms with van der Waals surface area (Å²) in [6.07, 6.45) is 0. The molecule has 0 saturated carbocycles. The minimum atomic E-state index is 0.631. The summed E-state index contributed by atoms with van der Waals surface area (Å²) in [5.41, 5.74) is 3.49. The van der Waals surface area contributed by atoms with E-state index in [9.17, 15) is 0 Å². The summed E-state index contributed by atoms with van der Waals surface area (Å²) >= 11 is 3.48. The second kappa shape index (κ2) is 7.36. The number of rotatable bonds is 6. The number of hydrogen-bond acceptors (Lipinski definition) is 3. The highest BCUT2D eigenvalue weighted by Crippen LogP contribution is 2.28. The van der Waals surface area contributed by atoms with Crippen LogP contribution in [0.4, 0.5) is 5.69 Å². The van der Waals surface area contributed by atoms with Gasteiger partial charge in [-0.3, -0.25) is 0 Å². The zero-order valence-corrected chi connectivity index (χ0v) is 14.2. The van der Waals surface area contributed by atoms with Gasteiger partial charge in [-0.25, -0.2) is 0 Å². The zero-order chi connectivity index (χ0) is 15.2. The van der Waals surface area contributed by atoms with Crippen LogP contribution in [0, 0.1) is 6.92 Å². The van der Waals surface area contributed by atoms with Crippen LogP contribution >= 0.6 is 15.9 Å². The molecule has 1 N–H and O–H groups in total. The number of methoxy groups -OCH3 is 1. The molecule has 3 nitrogen and oxygen atoms in total. The second-order valence-corrected chi connectivity index (χ2v) is 5.65.